The summed E-state index contributed by atoms with van der Waals surface area (Å²) < 4.78 is 13.1. The van der Waals surface area contributed by atoms with E-state index >= 15 is 0 Å². The number of pyridine rings is 1. The number of aromatic nitrogens is 4. The van der Waals surface area contributed by atoms with Gasteiger partial charge in [0.15, 0.2) is 0 Å². The smallest absolute Gasteiger partial charge is 0.244 e. The molecule has 0 unspecified atom stereocenters. The Hall–Kier alpha value is -4.38. The first-order chi connectivity index (χ1) is 20.2. The van der Waals surface area contributed by atoms with E-state index in [0.717, 1.165) is 34.0 Å². The van der Waals surface area contributed by atoms with Crippen LogP contribution in [-0.4, -0.2) is 14.1 Å². The molecule has 0 fully saturated rings. The highest BCUT2D eigenvalue weighted by Crippen LogP contribution is 2.36. The van der Waals surface area contributed by atoms with Crippen LogP contribution < -0.4 is 9.30 Å². The zero-order valence-electron chi connectivity index (χ0n) is 26.9. The van der Waals surface area contributed by atoms with Crippen LogP contribution in [0.15, 0.2) is 91.3 Å². The summed E-state index contributed by atoms with van der Waals surface area (Å²) >= 11 is 0. The predicted molar refractivity (Wildman–Crippen MR) is 176 cm³/mol. The summed E-state index contributed by atoms with van der Waals surface area (Å²) in [4.78, 5) is 4.82. The molecule has 0 bridgehead atoms. The average Bonchev–Trinajstić information content (AvgIpc) is 3.54. The van der Waals surface area contributed by atoms with Gasteiger partial charge >= 0.3 is 0 Å². The summed E-state index contributed by atoms with van der Waals surface area (Å²) in [5.74, 6) is 2.46. The fraction of sp³-hybridized carbons (Fsp3) is 0.316. The van der Waals surface area contributed by atoms with Crippen molar-refractivity contribution in [3.8, 4) is 23.0 Å². The van der Waals surface area contributed by atoms with E-state index in [4.69, 9.17) is 9.72 Å². The Labute approximate surface area is 255 Å². The third-order valence-electron chi connectivity index (χ3n) is 7.99. The van der Waals surface area contributed by atoms with Crippen molar-refractivity contribution in [2.45, 2.75) is 78.7 Å². The van der Waals surface area contributed by atoms with E-state index < -0.39 is 0 Å². The lowest BCUT2D eigenvalue weighted by molar-refractivity contribution is -0.757. The molecule has 0 atom stereocenters. The maximum Gasteiger partial charge on any atom is 0.244 e. The number of para-hydroxylation sites is 1. The molecule has 3 aromatic heterocycles. The maximum absolute atomic E-state index is 6.55. The zero-order chi connectivity index (χ0) is 30.7. The summed E-state index contributed by atoms with van der Waals surface area (Å²) in [7, 11) is 0. The molecule has 5 heteroatoms. The van der Waals surface area contributed by atoms with Crippen LogP contribution in [0.2, 0.25) is 0 Å². The van der Waals surface area contributed by atoms with Gasteiger partial charge in [0.25, 0.3) is 0 Å². The van der Waals surface area contributed by atoms with E-state index in [1.54, 1.807) is 0 Å². The number of fused-ring (bicyclic) bond motifs is 3. The molecule has 3 aromatic carbocycles. The van der Waals surface area contributed by atoms with Crippen LogP contribution in [0.4, 0.5) is 0 Å². The lowest BCUT2D eigenvalue weighted by Gasteiger charge is -2.22. The SMILES string of the molecule is CC(C)(C)c1ccnc(-n2c3ccccc3c3ccc(Oc4cccc(-n5[c-][n+](C(C)(C)C)cc5C(C)(C)C)c4)cc32)c1. The summed E-state index contributed by atoms with van der Waals surface area (Å²) in [6.45, 7) is 20.0. The van der Waals surface area contributed by atoms with Gasteiger partial charge in [-0.3, -0.25) is 4.57 Å². The Bertz CT molecular complexity index is 1950. The number of rotatable bonds is 4. The zero-order valence-corrected chi connectivity index (χ0v) is 26.9. The van der Waals surface area contributed by atoms with E-state index in [2.05, 4.69) is 155 Å². The van der Waals surface area contributed by atoms with Crippen LogP contribution in [0.3, 0.4) is 0 Å². The van der Waals surface area contributed by atoms with Gasteiger partial charge in [-0.2, -0.15) is 0 Å². The van der Waals surface area contributed by atoms with E-state index in [1.165, 1.54) is 22.0 Å². The minimum atomic E-state index is -0.0749. The highest BCUT2D eigenvalue weighted by molar-refractivity contribution is 6.09. The third kappa shape index (κ3) is 5.45. The molecule has 6 aromatic rings. The minimum absolute atomic E-state index is 0.0197. The number of imidazole rings is 1. The normalized spacial score (nSPS) is 12.8. The fourth-order valence-electron chi connectivity index (χ4n) is 5.53. The van der Waals surface area contributed by atoms with Crippen molar-refractivity contribution >= 4 is 21.8 Å². The third-order valence-corrected chi connectivity index (χ3v) is 7.99. The molecule has 220 valence electrons. The van der Waals surface area contributed by atoms with Gasteiger partial charge in [-0.1, -0.05) is 71.9 Å². The Morgan fingerprint density at radius 1 is 0.698 bits per heavy atom. The minimum Gasteiger partial charge on any atom is -0.458 e. The van der Waals surface area contributed by atoms with Crippen LogP contribution in [0.25, 0.3) is 33.3 Å². The van der Waals surface area contributed by atoms with Crippen molar-refractivity contribution in [2.75, 3.05) is 0 Å². The first-order valence-electron chi connectivity index (χ1n) is 15.1. The van der Waals surface area contributed by atoms with Gasteiger partial charge in [0.1, 0.15) is 17.3 Å². The molecule has 0 saturated carbocycles. The van der Waals surface area contributed by atoms with Gasteiger partial charge in [-0.25, -0.2) is 4.98 Å². The van der Waals surface area contributed by atoms with Crippen molar-refractivity contribution in [1.29, 1.82) is 0 Å². The van der Waals surface area contributed by atoms with E-state index in [-0.39, 0.29) is 16.4 Å². The standard InChI is InChI=1S/C38H42N4O/c1-36(2,3)26-19-20-39-35(21-26)42-32-16-11-10-15-30(32)31-18-17-29(23-33(31)42)43-28-14-12-13-27(22-28)41-25-40(38(7,8)9)24-34(41)37(4,5)6/h10-24H,1-9H3. The molecule has 0 spiro atoms. The van der Waals surface area contributed by atoms with Crippen LogP contribution in [0, 0.1) is 6.33 Å². The second-order valence-corrected chi connectivity index (χ2v) is 14.5. The molecule has 0 saturated heterocycles. The van der Waals surface area contributed by atoms with Crippen LogP contribution >= 0.6 is 0 Å². The van der Waals surface area contributed by atoms with Gasteiger partial charge in [-0.05, 0) is 79.6 Å². The fourth-order valence-corrected chi connectivity index (χ4v) is 5.53. The van der Waals surface area contributed by atoms with Crippen molar-refractivity contribution in [2.24, 2.45) is 0 Å². The molecule has 3 heterocycles. The second kappa shape index (κ2) is 10.1. The number of hydrogen-bond acceptors (Lipinski definition) is 2. The van der Waals surface area contributed by atoms with Crippen molar-refractivity contribution in [3.05, 3.63) is 109 Å². The van der Waals surface area contributed by atoms with Crippen molar-refractivity contribution in [1.82, 2.24) is 14.1 Å². The maximum atomic E-state index is 6.55. The summed E-state index contributed by atoms with van der Waals surface area (Å²) in [5.41, 5.74) is 5.53. The Morgan fingerprint density at radius 2 is 1.42 bits per heavy atom. The molecular weight excluding hydrogens is 528 g/mol. The molecule has 0 amide bonds. The summed E-state index contributed by atoms with van der Waals surface area (Å²) in [5, 5.41) is 2.36. The monoisotopic (exact) mass is 570 g/mol. The van der Waals surface area contributed by atoms with E-state index in [1.807, 2.05) is 18.3 Å². The largest absolute Gasteiger partial charge is 0.458 e. The van der Waals surface area contributed by atoms with Crippen LogP contribution in [0.5, 0.6) is 11.5 Å². The quantitative estimate of drug-likeness (QED) is 0.156. The van der Waals surface area contributed by atoms with Crippen molar-refractivity contribution in [3.63, 3.8) is 0 Å². The molecule has 6 rings (SSSR count). The average molecular weight is 571 g/mol. The number of nitrogens with zero attached hydrogens (tertiary/aromatic N) is 4. The lowest BCUT2D eigenvalue weighted by atomic mass is 9.88. The number of hydrogen-bond donors (Lipinski definition) is 0. The molecule has 0 aliphatic carbocycles. The van der Waals surface area contributed by atoms with Gasteiger partial charge in [0.05, 0.1) is 22.3 Å². The topological polar surface area (TPSA) is 35.9 Å². The Kier molecular flexibility index (Phi) is 6.76. The molecule has 0 radical (unpaired) electrons. The molecule has 0 aliphatic heterocycles. The van der Waals surface area contributed by atoms with E-state index in [9.17, 15) is 0 Å². The highest BCUT2D eigenvalue weighted by atomic mass is 16.5. The van der Waals surface area contributed by atoms with Crippen LogP contribution in [0.1, 0.15) is 73.6 Å². The van der Waals surface area contributed by atoms with Crippen LogP contribution in [-0.2, 0) is 16.4 Å². The predicted octanol–water partition coefficient (Wildman–Crippen LogP) is 9.20. The van der Waals surface area contributed by atoms with E-state index in [0.29, 0.717) is 0 Å². The first kappa shape index (κ1) is 28.7. The van der Waals surface area contributed by atoms with Gasteiger partial charge < -0.3 is 13.9 Å². The summed E-state index contributed by atoms with van der Waals surface area (Å²) in [6.07, 6.45) is 7.71. The number of benzene rings is 3. The summed E-state index contributed by atoms with van der Waals surface area (Å²) in [6, 6.07) is 27.4. The number of ether oxygens (including phenoxy) is 1. The van der Waals surface area contributed by atoms with Gasteiger partial charge in [0, 0.05) is 34.9 Å². The second-order valence-electron chi connectivity index (χ2n) is 14.5. The highest BCUT2D eigenvalue weighted by Gasteiger charge is 2.25. The molecule has 0 N–H and O–H groups in total. The van der Waals surface area contributed by atoms with Crippen molar-refractivity contribution < 1.29 is 9.30 Å². The Morgan fingerprint density at radius 3 is 2.14 bits per heavy atom. The van der Waals surface area contributed by atoms with Gasteiger partial charge in [-0.15, -0.1) is 0 Å². The Balaban J connectivity index is 1.44. The molecule has 43 heavy (non-hydrogen) atoms. The van der Waals surface area contributed by atoms with Gasteiger partial charge in [0.2, 0.25) is 6.33 Å². The molecule has 0 aliphatic rings. The molecular formula is C38H42N4O. The lowest BCUT2D eigenvalue weighted by Crippen LogP contribution is -2.49. The molecule has 5 nitrogen and oxygen atoms in total. The first-order valence-corrected chi connectivity index (χ1v) is 15.1.